The molecule has 0 saturated heterocycles. The molecule has 3 heteroatoms. The molecule has 0 heterocycles. The van der Waals surface area contributed by atoms with Gasteiger partial charge < -0.3 is 14.8 Å². The van der Waals surface area contributed by atoms with Crippen molar-refractivity contribution in [3.8, 4) is 11.5 Å². The van der Waals surface area contributed by atoms with Crippen LogP contribution in [0.5, 0.6) is 11.5 Å². The van der Waals surface area contributed by atoms with Crippen LogP contribution in [0.2, 0.25) is 0 Å². The smallest absolute Gasteiger partial charge is 0.120 e. The topological polar surface area (TPSA) is 30.5 Å². The summed E-state index contributed by atoms with van der Waals surface area (Å²) in [5.41, 5.74) is 2.30. The van der Waals surface area contributed by atoms with Crippen LogP contribution in [-0.2, 0) is 0 Å². The van der Waals surface area contributed by atoms with Crippen molar-refractivity contribution in [2.24, 2.45) is 5.92 Å². The van der Waals surface area contributed by atoms with Gasteiger partial charge in [0.05, 0.1) is 13.2 Å². The van der Waals surface area contributed by atoms with Crippen LogP contribution in [-0.4, -0.2) is 19.3 Å². The summed E-state index contributed by atoms with van der Waals surface area (Å²) in [6.45, 7) is 10.0. The lowest BCUT2D eigenvalue weighted by Gasteiger charge is -2.19. The summed E-state index contributed by atoms with van der Waals surface area (Å²) in [5, 5.41) is 3.44. The van der Waals surface area contributed by atoms with Crippen LogP contribution < -0.4 is 14.8 Å². The average molecular weight is 327 g/mol. The van der Waals surface area contributed by atoms with Gasteiger partial charge in [-0.25, -0.2) is 0 Å². The van der Waals surface area contributed by atoms with Crippen LogP contribution in [0, 0.1) is 12.8 Å². The number of rotatable bonds is 9. The molecule has 1 unspecified atom stereocenters. The molecule has 0 saturated carbocycles. The molecule has 2 aromatic rings. The predicted molar refractivity (Wildman–Crippen MR) is 101 cm³/mol. The highest BCUT2D eigenvalue weighted by molar-refractivity contribution is 5.46. The van der Waals surface area contributed by atoms with Gasteiger partial charge >= 0.3 is 0 Å². The van der Waals surface area contributed by atoms with E-state index < -0.39 is 0 Å². The second-order valence-corrected chi connectivity index (χ2v) is 6.57. The molecule has 3 nitrogen and oxygen atoms in total. The third-order valence-electron chi connectivity index (χ3n) is 3.72. The van der Waals surface area contributed by atoms with Crippen LogP contribution in [0.3, 0.4) is 0 Å². The summed E-state index contributed by atoms with van der Waals surface area (Å²) in [6.07, 6.45) is 1.10. The van der Waals surface area contributed by atoms with Gasteiger partial charge in [-0.05, 0) is 61.2 Å². The summed E-state index contributed by atoms with van der Waals surface area (Å²) >= 11 is 0. The van der Waals surface area contributed by atoms with Crippen molar-refractivity contribution >= 4 is 5.69 Å². The molecule has 0 aliphatic carbocycles. The van der Waals surface area contributed by atoms with Crippen LogP contribution in [0.25, 0.3) is 0 Å². The Labute approximate surface area is 146 Å². The number of nitrogens with one attached hydrogen (secondary N) is 1. The van der Waals surface area contributed by atoms with E-state index in [4.69, 9.17) is 9.47 Å². The van der Waals surface area contributed by atoms with Gasteiger partial charge in [0, 0.05) is 5.69 Å². The molecule has 24 heavy (non-hydrogen) atoms. The molecule has 1 N–H and O–H groups in total. The van der Waals surface area contributed by atoms with Gasteiger partial charge in [-0.3, -0.25) is 0 Å². The fourth-order valence-corrected chi connectivity index (χ4v) is 2.31. The maximum Gasteiger partial charge on any atom is 0.120 e. The molecule has 0 aliphatic heterocycles. The number of hydrogen-bond donors (Lipinski definition) is 1. The Morgan fingerprint density at radius 2 is 1.75 bits per heavy atom. The molecule has 1 atom stereocenters. The second kappa shape index (κ2) is 9.21. The van der Waals surface area contributed by atoms with Gasteiger partial charge in [0.1, 0.15) is 17.6 Å². The van der Waals surface area contributed by atoms with Crippen molar-refractivity contribution in [3.63, 3.8) is 0 Å². The Morgan fingerprint density at radius 1 is 1.00 bits per heavy atom. The molecule has 0 fully saturated rings. The van der Waals surface area contributed by atoms with Gasteiger partial charge in [0.2, 0.25) is 0 Å². The molecule has 130 valence electrons. The summed E-state index contributed by atoms with van der Waals surface area (Å²) in [7, 11) is 0. The minimum absolute atomic E-state index is 0.142. The summed E-state index contributed by atoms with van der Waals surface area (Å²) < 4.78 is 11.8. The van der Waals surface area contributed by atoms with E-state index in [2.05, 4.69) is 57.3 Å². The van der Waals surface area contributed by atoms with Crippen LogP contribution >= 0.6 is 0 Å². The second-order valence-electron chi connectivity index (χ2n) is 6.57. The van der Waals surface area contributed by atoms with Crippen molar-refractivity contribution < 1.29 is 9.47 Å². The molecule has 0 aliphatic rings. The van der Waals surface area contributed by atoms with Gasteiger partial charge in [-0.1, -0.05) is 32.9 Å². The SMILES string of the molecule is CCC(CNc1ccc(OCC(C)C)cc1)Oc1cccc(C)c1. The van der Waals surface area contributed by atoms with Gasteiger partial charge in [-0.2, -0.15) is 0 Å². The first-order chi connectivity index (χ1) is 11.6. The zero-order valence-corrected chi connectivity index (χ0v) is 15.2. The normalized spacial score (nSPS) is 12.0. The lowest BCUT2D eigenvalue weighted by Crippen LogP contribution is -2.25. The average Bonchev–Trinajstić information content (AvgIpc) is 2.57. The maximum absolute atomic E-state index is 6.07. The zero-order valence-electron chi connectivity index (χ0n) is 15.2. The Morgan fingerprint density at radius 3 is 2.38 bits per heavy atom. The summed E-state index contributed by atoms with van der Waals surface area (Å²) in [4.78, 5) is 0. The Hall–Kier alpha value is -2.16. The molecular weight excluding hydrogens is 298 g/mol. The first-order valence-electron chi connectivity index (χ1n) is 8.77. The Balaban J connectivity index is 1.84. The van der Waals surface area contributed by atoms with E-state index in [0.29, 0.717) is 5.92 Å². The fourth-order valence-electron chi connectivity index (χ4n) is 2.31. The van der Waals surface area contributed by atoms with Crippen LogP contribution in [0.4, 0.5) is 5.69 Å². The van der Waals surface area contributed by atoms with Crippen molar-refractivity contribution in [2.75, 3.05) is 18.5 Å². The lowest BCUT2D eigenvalue weighted by atomic mass is 10.2. The third kappa shape index (κ3) is 6.15. The quantitative estimate of drug-likeness (QED) is 0.678. The zero-order chi connectivity index (χ0) is 17.4. The van der Waals surface area contributed by atoms with E-state index >= 15 is 0 Å². The number of anilines is 1. The molecule has 0 amide bonds. The minimum Gasteiger partial charge on any atom is -0.493 e. The highest BCUT2D eigenvalue weighted by Gasteiger charge is 2.08. The van der Waals surface area contributed by atoms with Crippen molar-refractivity contribution in [3.05, 3.63) is 54.1 Å². The molecule has 0 spiro atoms. The van der Waals surface area contributed by atoms with E-state index in [1.54, 1.807) is 0 Å². The Bertz CT molecular complexity index is 607. The lowest BCUT2D eigenvalue weighted by molar-refractivity contribution is 0.210. The molecule has 2 aromatic carbocycles. The number of benzene rings is 2. The van der Waals surface area contributed by atoms with E-state index in [0.717, 1.165) is 36.8 Å². The first kappa shape index (κ1) is 18.2. The van der Waals surface area contributed by atoms with E-state index in [1.165, 1.54) is 5.56 Å². The molecular formula is C21H29NO2. The van der Waals surface area contributed by atoms with Crippen molar-refractivity contribution in [1.82, 2.24) is 0 Å². The van der Waals surface area contributed by atoms with E-state index in [9.17, 15) is 0 Å². The molecule has 0 radical (unpaired) electrons. The molecule has 0 aromatic heterocycles. The third-order valence-corrected chi connectivity index (χ3v) is 3.72. The van der Waals surface area contributed by atoms with Gasteiger partial charge in [-0.15, -0.1) is 0 Å². The van der Waals surface area contributed by atoms with Crippen molar-refractivity contribution in [1.29, 1.82) is 0 Å². The number of aryl methyl sites for hydroxylation is 1. The van der Waals surface area contributed by atoms with Crippen molar-refractivity contribution in [2.45, 2.75) is 40.2 Å². The van der Waals surface area contributed by atoms with Gasteiger partial charge in [0.25, 0.3) is 0 Å². The van der Waals surface area contributed by atoms with Gasteiger partial charge in [0.15, 0.2) is 0 Å². The summed E-state index contributed by atoms with van der Waals surface area (Å²) in [5.74, 6) is 2.38. The summed E-state index contributed by atoms with van der Waals surface area (Å²) in [6, 6.07) is 16.3. The predicted octanol–water partition coefficient (Wildman–Crippen LogP) is 5.30. The highest BCUT2D eigenvalue weighted by Crippen LogP contribution is 2.18. The Kier molecular flexibility index (Phi) is 6.98. The number of ether oxygens (including phenoxy) is 2. The minimum atomic E-state index is 0.142. The molecule has 2 rings (SSSR count). The number of hydrogen-bond acceptors (Lipinski definition) is 3. The van der Waals surface area contributed by atoms with E-state index in [-0.39, 0.29) is 6.10 Å². The molecule has 0 bridgehead atoms. The largest absolute Gasteiger partial charge is 0.493 e. The highest BCUT2D eigenvalue weighted by atomic mass is 16.5. The monoisotopic (exact) mass is 327 g/mol. The maximum atomic E-state index is 6.07. The first-order valence-corrected chi connectivity index (χ1v) is 8.77. The van der Waals surface area contributed by atoms with Crippen LogP contribution in [0.15, 0.2) is 48.5 Å². The standard InChI is InChI=1S/C21H29NO2/c1-5-19(24-21-8-6-7-17(4)13-21)14-22-18-9-11-20(12-10-18)23-15-16(2)3/h6-13,16,19,22H,5,14-15H2,1-4H3. The van der Waals surface area contributed by atoms with E-state index in [1.807, 2.05) is 24.3 Å². The fraction of sp³-hybridized carbons (Fsp3) is 0.429. The van der Waals surface area contributed by atoms with Crippen LogP contribution in [0.1, 0.15) is 32.8 Å².